The van der Waals surface area contributed by atoms with Crippen LogP contribution in [0.1, 0.15) is 11.7 Å². The van der Waals surface area contributed by atoms with Crippen LogP contribution in [-0.2, 0) is 4.74 Å². The summed E-state index contributed by atoms with van der Waals surface area (Å²) in [5, 5.41) is 2.92. The number of hydrogen-bond donors (Lipinski definition) is 1. The lowest BCUT2D eigenvalue weighted by molar-refractivity contribution is 0.0232. The lowest BCUT2D eigenvalue weighted by Crippen LogP contribution is -2.34. The van der Waals surface area contributed by atoms with Gasteiger partial charge in [-0.05, 0) is 12.1 Å². The van der Waals surface area contributed by atoms with Crippen LogP contribution in [0.2, 0.25) is 5.02 Å². The average Bonchev–Trinajstić information content (AvgIpc) is 2.26. The summed E-state index contributed by atoms with van der Waals surface area (Å²) in [5.74, 6) is -1.35. The van der Waals surface area contributed by atoms with E-state index in [1.807, 2.05) is 0 Å². The minimum atomic E-state index is -0.731. The molecule has 0 bridgehead atoms. The van der Waals surface area contributed by atoms with Crippen LogP contribution in [0.4, 0.5) is 8.78 Å². The average molecular weight is 234 g/mol. The van der Waals surface area contributed by atoms with Crippen molar-refractivity contribution in [1.29, 1.82) is 0 Å². The van der Waals surface area contributed by atoms with Crippen LogP contribution in [0.15, 0.2) is 12.1 Å². The molecule has 0 spiro atoms. The maximum atomic E-state index is 13.6. The van der Waals surface area contributed by atoms with E-state index in [1.54, 1.807) is 0 Å². The molecule has 0 aromatic heterocycles. The van der Waals surface area contributed by atoms with E-state index in [1.165, 1.54) is 6.07 Å². The van der Waals surface area contributed by atoms with Gasteiger partial charge in [0.05, 0.1) is 17.2 Å². The van der Waals surface area contributed by atoms with Gasteiger partial charge in [-0.1, -0.05) is 11.6 Å². The highest BCUT2D eigenvalue weighted by Gasteiger charge is 2.24. The third-order valence-electron chi connectivity index (χ3n) is 2.33. The topological polar surface area (TPSA) is 21.3 Å². The van der Waals surface area contributed by atoms with E-state index in [9.17, 15) is 8.78 Å². The molecule has 1 fully saturated rings. The number of morpholine rings is 1. The molecule has 1 N–H and O–H groups in total. The van der Waals surface area contributed by atoms with Gasteiger partial charge >= 0.3 is 0 Å². The summed E-state index contributed by atoms with van der Waals surface area (Å²) in [6, 6.07) is 2.35. The molecule has 1 aliphatic rings. The van der Waals surface area contributed by atoms with Crippen molar-refractivity contribution in [3.63, 3.8) is 0 Å². The Labute approximate surface area is 91.2 Å². The predicted octanol–water partition coefficient (Wildman–Crippen LogP) is 2.28. The van der Waals surface area contributed by atoms with Gasteiger partial charge in [-0.2, -0.15) is 0 Å². The predicted molar refractivity (Wildman–Crippen MR) is 52.9 cm³/mol. The monoisotopic (exact) mass is 233 g/mol. The summed E-state index contributed by atoms with van der Waals surface area (Å²) in [7, 11) is 0. The molecule has 0 saturated carbocycles. The van der Waals surface area contributed by atoms with Crippen molar-refractivity contribution < 1.29 is 13.5 Å². The fourth-order valence-corrected chi connectivity index (χ4v) is 1.75. The van der Waals surface area contributed by atoms with Crippen LogP contribution in [0.5, 0.6) is 0 Å². The van der Waals surface area contributed by atoms with Gasteiger partial charge in [-0.15, -0.1) is 0 Å². The molecule has 2 nitrogen and oxygen atoms in total. The first-order valence-electron chi connectivity index (χ1n) is 4.66. The summed E-state index contributed by atoms with van der Waals surface area (Å²) >= 11 is 5.59. The van der Waals surface area contributed by atoms with Crippen molar-refractivity contribution in [3.05, 3.63) is 34.4 Å². The third-order valence-corrected chi connectivity index (χ3v) is 2.62. The van der Waals surface area contributed by atoms with E-state index in [4.69, 9.17) is 16.3 Å². The van der Waals surface area contributed by atoms with Crippen LogP contribution >= 0.6 is 11.6 Å². The number of rotatable bonds is 1. The van der Waals surface area contributed by atoms with Crippen LogP contribution < -0.4 is 5.32 Å². The fourth-order valence-electron chi connectivity index (χ4n) is 1.59. The molecule has 1 saturated heterocycles. The van der Waals surface area contributed by atoms with Gasteiger partial charge in [0.15, 0.2) is 5.82 Å². The molecule has 82 valence electrons. The molecule has 0 amide bonds. The lowest BCUT2D eigenvalue weighted by atomic mass is 10.1. The SMILES string of the molecule is Fc1ccc(Cl)c(F)c1C1CNCCO1. The molecule has 2 rings (SSSR count). The summed E-state index contributed by atoms with van der Waals surface area (Å²) < 4.78 is 32.3. The van der Waals surface area contributed by atoms with Gasteiger partial charge in [0.1, 0.15) is 11.9 Å². The van der Waals surface area contributed by atoms with Crippen molar-refractivity contribution in [2.45, 2.75) is 6.10 Å². The highest BCUT2D eigenvalue weighted by molar-refractivity contribution is 6.30. The Morgan fingerprint density at radius 2 is 2.20 bits per heavy atom. The third kappa shape index (κ3) is 2.12. The summed E-state index contributed by atoms with van der Waals surface area (Å²) in [6.07, 6.45) is -0.600. The Balaban J connectivity index is 2.36. The van der Waals surface area contributed by atoms with Crippen LogP contribution in [0.3, 0.4) is 0 Å². The molecule has 1 unspecified atom stereocenters. The van der Waals surface area contributed by atoms with Crippen LogP contribution in [0, 0.1) is 11.6 Å². The van der Waals surface area contributed by atoms with E-state index in [0.29, 0.717) is 19.7 Å². The number of benzene rings is 1. The first kappa shape index (κ1) is 10.8. The zero-order valence-electron chi connectivity index (χ0n) is 7.90. The highest BCUT2D eigenvalue weighted by Crippen LogP contribution is 2.28. The fraction of sp³-hybridized carbons (Fsp3) is 0.400. The van der Waals surface area contributed by atoms with Crippen molar-refractivity contribution in [2.24, 2.45) is 0 Å². The Kier molecular flexibility index (Phi) is 3.19. The second kappa shape index (κ2) is 4.43. The Morgan fingerprint density at radius 1 is 1.40 bits per heavy atom. The molecule has 15 heavy (non-hydrogen) atoms. The normalized spacial score (nSPS) is 21.7. The van der Waals surface area contributed by atoms with Crippen molar-refractivity contribution >= 4 is 11.6 Å². The van der Waals surface area contributed by atoms with Gasteiger partial charge in [0.2, 0.25) is 0 Å². The molecular formula is C10H10ClF2NO. The van der Waals surface area contributed by atoms with E-state index >= 15 is 0 Å². The van der Waals surface area contributed by atoms with Crippen molar-refractivity contribution in [1.82, 2.24) is 5.32 Å². The zero-order valence-corrected chi connectivity index (χ0v) is 8.65. The summed E-state index contributed by atoms with van der Waals surface area (Å²) in [4.78, 5) is 0. The molecule has 1 aliphatic heterocycles. The van der Waals surface area contributed by atoms with Gasteiger partial charge < -0.3 is 10.1 Å². The van der Waals surface area contributed by atoms with Gasteiger partial charge in [0.25, 0.3) is 0 Å². The van der Waals surface area contributed by atoms with Crippen LogP contribution in [-0.4, -0.2) is 19.7 Å². The molecule has 1 heterocycles. The van der Waals surface area contributed by atoms with E-state index in [0.717, 1.165) is 6.07 Å². The number of halogens is 3. The Bertz CT molecular complexity index is 367. The molecule has 1 atom stereocenters. The number of hydrogen-bond acceptors (Lipinski definition) is 2. The minimum absolute atomic E-state index is 0.0828. The molecule has 5 heteroatoms. The lowest BCUT2D eigenvalue weighted by Gasteiger charge is -2.24. The largest absolute Gasteiger partial charge is 0.371 e. The van der Waals surface area contributed by atoms with Crippen LogP contribution in [0.25, 0.3) is 0 Å². The Hall–Kier alpha value is -0.710. The second-order valence-electron chi connectivity index (χ2n) is 3.32. The molecule has 1 aromatic carbocycles. The standard InChI is InChI=1S/C10H10ClF2NO/c11-6-1-2-7(12)9(10(6)13)8-5-14-3-4-15-8/h1-2,8,14H,3-5H2. The van der Waals surface area contributed by atoms with Gasteiger partial charge in [-0.25, -0.2) is 8.78 Å². The van der Waals surface area contributed by atoms with Crippen molar-refractivity contribution in [2.75, 3.05) is 19.7 Å². The van der Waals surface area contributed by atoms with E-state index in [-0.39, 0.29) is 10.6 Å². The van der Waals surface area contributed by atoms with E-state index in [2.05, 4.69) is 5.32 Å². The maximum Gasteiger partial charge on any atom is 0.150 e. The first-order valence-corrected chi connectivity index (χ1v) is 5.03. The first-order chi connectivity index (χ1) is 7.20. The van der Waals surface area contributed by atoms with Crippen molar-refractivity contribution in [3.8, 4) is 0 Å². The van der Waals surface area contributed by atoms with Gasteiger partial charge in [-0.3, -0.25) is 0 Å². The quantitative estimate of drug-likeness (QED) is 0.752. The summed E-state index contributed by atoms with van der Waals surface area (Å²) in [6.45, 7) is 1.53. The highest BCUT2D eigenvalue weighted by atomic mass is 35.5. The second-order valence-corrected chi connectivity index (χ2v) is 3.73. The molecule has 1 aromatic rings. The van der Waals surface area contributed by atoms with Gasteiger partial charge in [0, 0.05) is 13.1 Å². The van der Waals surface area contributed by atoms with E-state index < -0.39 is 17.7 Å². The summed E-state index contributed by atoms with van der Waals surface area (Å²) in [5.41, 5.74) is -0.0882. The minimum Gasteiger partial charge on any atom is -0.371 e. The smallest absolute Gasteiger partial charge is 0.150 e. The zero-order chi connectivity index (χ0) is 10.8. The molecule has 0 aliphatic carbocycles. The Morgan fingerprint density at radius 3 is 2.87 bits per heavy atom. The number of nitrogens with one attached hydrogen (secondary N) is 1. The number of ether oxygens (including phenoxy) is 1. The maximum absolute atomic E-state index is 13.6. The molecule has 0 radical (unpaired) electrons. The molecular weight excluding hydrogens is 224 g/mol.